The van der Waals surface area contributed by atoms with Crippen LogP contribution in [0.1, 0.15) is 34.7 Å². The molecule has 8 heteroatoms. The molecule has 0 saturated heterocycles. The van der Waals surface area contributed by atoms with Gasteiger partial charge in [0.15, 0.2) is 10.8 Å². The topological polar surface area (TPSA) is 81.8 Å². The van der Waals surface area contributed by atoms with Crippen molar-refractivity contribution in [2.45, 2.75) is 45.3 Å². The number of benzene rings is 2. The lowest BCUT2D eigenvalue weighted by Gasteiger charge is -2.15. The van der Waals surface area contributed by atoms with Crippen LogP contribution in [0.15, 0.2) is 52.5 Å². The van der Waals surface area contributed by atoms with Crippen LogP contribution in [0.3, 0.4) is 0 Å². The van der Waals surface area contributed by atoms with Gasteiger partial charge in [-0.3, -0.25) is 14.2 Å². The fraction of sp³-hybridized carbons (Fsp3) is 0.280. The number of anilines is 1. The lowest BCUT2D eigenvalue weighted by Crippen LogP contribution is -2.28. The molecule has 1 amide bonds. The van der Waals surface area contributed by atoms with Crippen LogP contribution in [-0.4, -0.2) is 31.0 Å². The highest BCUT2D eigenvalue weighted by molar-refractivity contribution is 7.99. The predicted molar refractivity (Wildman–Crippen MR) is 132 cm³/mol. The third-order valence-corrected chi connectivity index (χ3v) is 7.14. The molecule has 3 heterocycles. The summed E-state index contributed by atoms with van der Waals surface area (Å²) in [5.41, 5.74) is 6.43. The van der Waals surface area contributed by atoms with Gasteiger partial charge in [-0.2, -0.15) is 5.10 Å². The Morgan fingerprint density at radius 1 is 1.09 bits per heavy atom. The maximum atomic E-state index is 13.4. The van der Waals surface area contributed by atoms with Crippen molar-refractivity contribution in [3.05, 3.63) is 75.2 Å². The second-order valence-electron chi connectivity index (χ2n) is 8.69. The second-order valence-corrected chi connectivity index (χ2v) is 9.68. The third-order valence-electron chi connectivity index (χ3n) is 6.04. The van der Waals surface area contributed by atoms with Crippen molar-refractivity contribution >= 4 is 34.4 Å². The van der Waals surface area contributed by atoms with E-state index in [1.165, 1.54) is 17.3 Å². The zero-order valence-electron chi connectivity index (χ0n) is 19.0. The molecule has 1 unspecified atom stereocenters. The van der Waals surface area contributed by atoms with Gasteiger partial charge in [-0.25, -0.2) is 9.67 Å². The maximum absolute atomic E-state index is 13.4. The van der Waals surface area contributed by atoms with Gasteiger partial charge in [-0.05, 0) is 56.5 Å². The van der Waals surface area contributed by atoms with Crippen LogP contribution < -0.4 is 10.9 Å². The molecular formula is C25H25N5O2S. The highest BCUT2D eigenvalue weighted by atomic mass is 32.2. The van der Waals surface area contributed by atoms with Crippen molar-refractivity contribution in [3.8, 4) is 5.69 Å². The van der Waals surface area contributed by atoms with Crippen LogP contribution >= 0.6 is 11.8 Å². The van der Waals surface area contributed by atoms with E-state index in [0.29, 0.717) is 21.9 Å². The summed E-state index contributed by atoms with van der Waals surface area (Å²) in [5.74, 6) is 0.520. The van der Waals surface area contributed by atoms with Gasteiger partial charge >= 0.3 is 0 Å². The molecule has 2 aromatic carbocycles. The molecule has 1 aliphatic rings. The monoisotopic (exact) mass is 459 g/mol. The Morgan fingerprint density at radius 2 is 1.85 bits per heavy atom. The fourth-order valence-corrected chi connectivity index (χ4v) is 5.42. The third kappa shape index (κ3) is 3.84. The summed E-state index contributed by atoms with van der Waals surface area (Å²) in [4.78, 5) is 31.0. The Kier molecular flexibility index (Phi) is 5.32. The van der Waals surface area contributed by atoms with Crippen molar-refractivity contribution in [2.24, 2.45) is 0 Å². The number of aryl methyl sites for hydroxylation is 4. The van der Waals surface area contributed by atoms with Crippen molar-refractivity contribution in [2.75, 3.05) is 11.1 Å². The van der Waals surface area contributed by atoms with E-state index in [0.717, 1.165) is 28.1 Å². The predicted octanol–water partition coefficient (Wildman–Crippen LogP) is 4.49. The number of hydrogen-bond acceptors (Lipinski definition) is 5. The first-order chi connectivity index (χ1) is 15.8. The zero-order chi connectivity index (χ0) is 23.3. The number of aromatic nitrogens is 4. The largest absolute Gasteiger partial charge is 0.326 e. The zero-order valence-corrected chi connectivity index (χ0v) is 19.9. The van der Waals surface area contributed by atoms with Crippen LogP contribution in [0.2, 0.25) is 0 Å². The number of nitrogens with zero attached hydrogens (tertiary/aromatic N) is 4. The number of carbonyl (C=O) groups is 1. The molecule has 0 fully saturated rings. The van der Waals surface area contributed by atoms with Crippen LogP contribution in [0.25, 0.3) is 16.7 Å². The highest BCUT2D eigenvalue weighted by Gasteiger charge is 2.30. The van der Waals surface area contributed by atoms with Crippen molar-refractivity contribution in [3.63, 3.8) is 0 Å². The van der Waals surface area contributed by atoms with E-state index in [2.05, 4.69) is 16.5 Å². The Hall–Kier alpha value is -3.39. The van der Waals surface area contributed by atoms with Gasteiger partial charge in [0.25, 0.3) is 5.56 Å². The van der Waals surface area contributed by atoms with E-state index in [1.807, 2.05) is 58.0 Å². The summed E-state index contributed by atoms with van der Waals surface area (Å²) < 4.78 is 3.39. The van der Waals surface area contributed by atoms with Gasteiger partial charge in [0, 0.05) is 17.9 Å². The van der Waals surface area contributed by atoms with Gasteiger partial charge in [0.05, 0.1) is 17.9 Å². The van der Waals surface area contributed by atoms with Crippen molar-refractivity contribution < 1.29 is 4.79 Å². The molecule has 4 aromatic rings. The molecule has 2 aromatic heterocycles. The molecule has 168 valence electrons. The average molecular weight is 460 g/mol. The first-order valence-corrected chi connectivity index (χ1v) is 11.9. The molecular weight excluding hydrogens is 434 g/mol. The maximum Gasteiger partial charge on any atom is 0.265 e. The van der Waals surface area contributed by atoms with Gasteiger partial charge in [0.1, 0.15) is 5.39 Å². The molecule has 0 radical (unpaired) electrons. The Morgan fingerprint density at radius 3 is 2.64 bits per heavy atom. The minimum atomic E-state index is -0.246. The Labute approximate surface area is 195 Å². The first kappa shape index (κ1) is 21.5. The lowest BCUT2D eigenvalue weighted by molar-refractivity contribution is -0.116. The summed E-state index contributed by atoms with van der Waals surface area (Å²) in [6, 6.07) is 11.8. The van der Waals surface area contributed by atoms with Crippen molar-refractivity contribution in [1.29, 1.82) is 0 Å². The molecule has 1 atom stereocenters. The standard InChI is InChI=1S/C25H25N5O2S/c1-14-6-8-21(17(4)9-14)30-23-19(12-26-30)24(32)29-18(13-33-25(29)28-23)11-22(31)27-20-10-15(2)5-7-16(20)3/h5-10,12,18H,11,13H2,1-4H3,(H,27,31). The second kappa shape index (κ2) is 8.19. The molecule has 7 nitrogen and oxygen atoms in total. The van der Waals surface area contributed by atoms with E-state index < -0.39 is 0 Å². The minimum Gasteiger partial charge on any atom is -0.326 e. The van der Waals surface area contributed by atoms with Gasteiger partial charge in [0.2, 0.25) is 5.91 Å². The first-order valence-electron chi connectivity index (χ1n) is 10.9. The highest BCUT2D eigenvalue weighted by Crippen LogP contribution is 2.34. The number of rotatable bonds is 4. The molecule has 1 aliphatic heterocycles. The molecule has 0 saturated carbocycles. The molecule has 33 heavy (non-hydrogen) atoms. The summed E-state index contributed by atoms with van der Waals surface area (Å²) in [7, 11) is 0. The van der Waals surface area contributed by atoms with E-state index in [-0.39, 0.29) is 23.9 Å². The molecule has 0 spiro atoms. The van der Waals surface area contributed by atoms with E-state index in [4.69, 9.17) is 4.98 Å². The van der Waals surface area contributed by atoms with Crippen LogP contribution in [0.5, 0.6) is 0 Å². The van der Waals surface area contributed by atoms with E-state index in [9.17, 15) is 9.59 Å². The minimum absolute atomic E-state index is 0.111. The summed E-state index contributed by atoms with van der Waals surface area (Å²) in [6.07, 6.45) is 1.79. The number of amides is 1. The quantitative estimate of drug-likeness (QED) is 0.455. The number of hydrogen-bond donors (Lipinski definition) is 1. The van der Waals surface area contributed by atoms with Crippen LogP contribution in [0, 0.1) is 27.7 Å². The molecule has 0 bridgehead atoms. The number of nitrogens with one attached hydrogen (secondary N) is 1. The smallest absolute Gasteiger partial charge is 0.265 e. The SMILES string of the molecule is Cc1ccc(-n2ncc3c(=O)n4c(nc32)SCC4CC(=O)Nc2cc(C)ccc2C)c(C)c1. The summed E-state index contributed by atoms with van der Waals surface area (Å²) in [6.45, 7) is 8.03. The Balaban J connectivity index is 1.46. The van der Waals surface area contributed by atoms with Crippen LogP contribution in [-0.2, 0) is 4.79 Å². The fourth-order valence-electron chi connectivity index (χ4n) is 4.29. The summed E-state index contributed by atoms with van der Waals surface area (Å²) >= 11 is 1.50. The Bertz CT molecular complexity index is 1470. The van der Waals surface area contributed by atoms with Gasteiger partial charge < -0.3 is 5.32 Å². The normalized spacial score (nSPS) is 15.1. The van der Waals surface area contributed by atoms with Gasteiger partial charge in [-0.1, -0.05) is 41.6 Å². The van der Waals surface area contributed by atoms with Crippen molar-refractivity contribution in [1.82, 2.24) is 19.3 Å². The molecule has 0 aliphatic carbocycles. The molecule has 5 rings (SSSR count). The van der Waals surface area contributed by atoms with Crippen LogP contribution in [0.4, 0.5) is 5.69 Å². The number of carbonyl (C=O) groups excluding carboxylic acids is 1. The van der Waals surface area contributed by atoms with E-state index in [1.54, 1.807) is 15.4 Å². The molecule has 1 N–H and O–H groups in total. The average Bonchev–Trinajstić information content (AvgIpc) is 3.36. The summed E-state index contributed by atoms with van der Waals surface area (Å²) in [5, 5.41) is 8.56. The van der Waals surface area contributed by atoms with E-state index >= 15 is 0 Å². The number of fused-ring (bicyclic) bond motifs is 2. The van der Waals surface area contributed by atoms with Gasteiger partial charge in [-0.15, -0.1) is 0 Å². The number of thioether (sulfide) groups is 1. The lowest BCUT2D eigenvalue weighted by atomic mass is 10.1.